The van der Waals surface area contributed by atoms with E-state index in [9.17, 15) is 0 Å². The Balaban J connectivity index is 1.56. The Hall–Kier alpha value is -1.32. The van der Waals surface area contributed by atoms with Gasteiger partial charge in [-0.15, -0.1) is 0 Å². The fraction of sp³-hybridized carbons (Fsp3) is 0.400. The molecular weight excluding hydrogens is 260 g/mol. The molecule has 2 aromatic rings. The van der Waals surface area contributed by atoms with Crippen LogP contribution in [0.2, 0.25) is 5.02 Å². The summed E-state index contributed by atoms with van der Waals surface area (Å²) in [5.74, 6) is 1.58. The predicted molar refractivity (Wildman–Crippen MR) is 76.3 cm³/mol. The van der Waals surface area contributed by atoms with Crippen LogP contribution in [-0.2, 0) is 6.42 Å². The molecule has 0 radical (unpaired) electrons. The molecule has 0 unspecified atom stereocenters. The Kier molecular flexibility index (Phi) is 3.85. The first kappa shape index (κ1) is 12.7. The van der Waals surface area contributed by atoms with Gasteiger partial charge in [-0.25, -0.2) is 4.98 Å². The average Bonchev–Trinajstić information content (AvgIpc) is 3.11. The molecule has 0 aliphatic heterocycles. The standard InChI is InChI=1S/C15H17ClN2O/c16-12-4-1-3-11(9-12)14-10-18-15(19-14)5-2-8-17-13-6-7-13/h1,3-4,9-10,13,17H,2,5-8H2. The van der Waals surface area contributed by atoms with Crippen molar-refractivity contribution in [2.75, 3.05) is 6.54 Å². The number of hydrogen-bond acceptors (Lipinski definition) is 3. The van der Waals surface area contributed by atoms with Crippen molar-refractivity contribution in [3.05, 3.63) is 41.4 Å². The molecule has 1 aromatic heterocycles. The minimum atomic E-state index is 0.712. The van der Waals surface area contributed by atoms with E-state index >= 15 is 0 Å². The van der Waals surface area contributed by atoms with Crippen LogP contribution >= 0.6 is 11.6 Å². The molecule has 19 heavy (non-hydrogen) atoms. The van der Waals surface area contributed by atoms with Crippen molar-refractivity contribution in [3.8, 4) is 11.3 Å². The van der Waals surface area contributed by atoms with E-state index in [1.54, 1.807) is 6.20 Å². The summed E-state index contributed by atoms with van der Waals surface area (Å²) >= 11 is 5.97. The number of nitrogens with one attached hydrogen (secondary N) is 1. The molecule has 3 nitrogen and oxygen atoms in total. The molecule has 1 heterocycles. The number of nitrogens with zero attached hydrogens (tertiary/aromatic N) is 1. The summed E-state index contributed by atoms with van der Waals surface area (Å²) in [5, 5.41) is 4.20. The topological polar surface area (TPSA) is 38.1 Å². The van der Waals surface area contributed by atoms with Gasteiger partial charge in [-0.3, -0.25) is 0 Å². The fourth-order valence-electron chi connectivity index (χ4n) is 2.03. The molecule has 0 amide bonds. The van der Waals surface area contributed by atoms with E-state index in [0.29, 0.717) is 5.02 Å². The first-order chi connectivity index (χ1) is 9.31. The molecule has 3 rings (SSSR count). The van der Waals surface area contributed by atoms with Crippen LogP contribution in [0.15, 0.2) is 34.9 Å². The lowest BCUT2D eigenvalue weighted by molar-refractivity contribution is 0.491. The maximum absolute atomic E-state index is 5.97. The average molecular weight is 277 g/mol. The Labute approximate surface area is 118 Å². The summed E-state index contributed by atoms with van der Waals surface area (Å²) in [6.07, 6.45) is 6.37. The lowest BCUT2D eigenvalue weighted by Crippen LogP contribution is -2.17. The van der Waals surface area contributed by atoms with Crippen molar-refractivity contribution in [1.29, 1.82) is 0 Å². The van der Waals surface area contributed by atoms with Gasteiger partial charge >= 0.3 is 0 Å². The second kappa shape index (κ2) is 5.76. The highest BCUT2D eigenvalue weighted by molar-refractivity contribution is 6.30. The van der Waals surface area contributed by atoms with Gasteiger partial charge in [-0.1, -0.05) is 23.7 Å². The van der Waals surface area contributed by atoms with Crippen molar-refractivity contribution < 1.29 is 4.42 Å². The minimum absolute atomic E-state index is 0.712. The molecule has 100 valence electrons. The van der Waals surface area contributed by atoms with Gasteiger partial charge in [0.1, 0.15) is 0 Å². The molecule has 1 aliphatic carbocycles. The molecule has 0 bridgehead atoms. The fourth-order valence-corrected chi connectivity index (χ4v) is 2.22. The van der Waals surface area contributed by atoms with Gasteiger partial charge in [-0.2, -0.15) is 0 Å². The monoisotopic (exact) mass is 276 g/mol. The highest BCUT2D eigenvalue weighted by Gasteiger charge is 2.19. The van der Waals surface area contributed by atoms with Crippen LogP contribution in [0, 0.1) is 0 Å². The third kappa shape index (κ3) is 3.58. The smallest absolute Gasteiger partial charge is 0.194 e. The van der Waals surface area contributed by atoms with E-state index in [2.05, 4.69) is 10.3 Å². The largest absolute Gasteiger partial charge is 0.441 e. The van der Waals surface area contributed by atoms with Gasteiger partial charge in [-0.05, 0) is 37.9 Å². The Morgan fingerprint density at radius 3 is 3.05 bits per heavy atom. The summed E-state index contributed by atoms with van der Waals surface area (Å²) in [6.45, 7) is 1.04. The second-order valence-electron chi connectivity index (χ2n) is 4.96. The number of hydrogen-bond donors (Lipinski definition) is 1. The van der Waals surface area contributed by atoms with Crippen LogP contribution in [0.3, 0.4) is 0 Å². The molecule has 1 fully saturated rings. The molecule has 0 spiro atoms. The van der Waals surface area contributed by atoms with E-state index in [4.69, 9.17) is 16.0 Å². The van der Waals surface area contributed by atoms with Crippen molar-refractivity contribution in [3.63, 3.8) is 0 Å². The van der Waals surface area contributed by atoms with Gasteiger partial charge in [0.05, 0.1) is 6.20 Å². The van der Waals surface area contributed by atoms with Crippen molar-refractivity contribution >= 4 is 11.6 Å². The molecular formula is C15H17ClN2O. The Bertz CT molecular complexity index is 549. The molecule has 1 N–H and O–H groups in total. The van der Waals surface area contributed by atoms with E-state index in [1.165, 1.54) is 12.8 Å². The number of oxazole rings is 1. The maximum Gasteiger partial charge on any atom is 0.194 e. The summed E-state index contributed by atoms with van der Waals surface area (Å²) in [7, 11) is 0. The normalized spacial score (nSPS) is 14.8. The lowest BCUT2D eigenvalue weighted by atomic mass is 10.2. The minimum Gasteiger partial charge on any atom is -0.441 e. The van der Waals surface area contributed by atoms with Crippen LogP contribution in [0.5, 0.6) is 0 Å². The molecule has 0 atom stereocenters. The first-order valence-corrected chi connectivity index (χ1v) is 7.13. The SMILES string of the molecule is Clc1cccc(-c2cnc(CCCNC3CC3)o2)c1. The van der Waals surface area contributed by atoms with Gasteiger partial charge in [0.15, 0.2) is 11.7 Å². The zero-order chi connectivity index (χ0) is 13.1. The van der Waals surface area contributed by atoms with E-state index in [0.717, 1.165) is 42.6 Å². The van der Waals surface area contributed by atoms with Crippen molar-refractivity contribution in [1.82, 2.24) is 10.3 Å². The molecule has 0 saturated heterocycles. The van der Waals surface area contributed by atoms with Crippen molar-refractivity contribution in [2.24, 2.45) is 0 Å². The summed E-state index contributed by atoms with van der Waals surface area (Å²) in [5.41, 5.74) is 0.974. The van der Waals surface area contributed by atoms with Gasteiger partial charge in [0.2, 0.25) is 0 Å². The van der Waals surface area contributed by atoms with E-state index in [-0.39, 0.29) is 0 Å². The molecule has 1 aromatic carbocycles. The highest BCUT2D eigenvalue weighted by Crippen LogP contribution is 2.23. The van der Waals surface area contributed by atoms with Gasteiger partial charge in [0.25, 0.3) is 0 Å². The summed E-state index contributed by atoms with van der Waals surface area (Å²) < 4.78 is 5.75. The van der Waals surface area contributed by atoms with Gasteiger partial charge in [0, 0.05) is 23.0 Å². The Morgan fingerprint density at radius 1 is 1.37 bits per heavy atom. The third-order valence-electron chi connectivity index (χ3n) is 3.24. The zero-order valence-corrected chi connectivity index (χ0v) is 11.5. The molecule has 1 saturated carbocycles. The molecule has 4 heteroatoms. The Morgan fingerprint density at radius 2 is 2.26 bits per heavy atom. The van der Waals surface area contributed by atoms with Crippen molar-refractivity contribution in [2.45, 2.75) is 31.7 Å². The number of aromatic nitrogens is 1. The quantitative estimate of drug-likeness (QED) is 0.818. The third-order valence-corrected chi connectivity index (χ3v) is 3.48. The van der Waals surface area contributed by atoms with Gasteiger partial charge < -0.3 is 9.73 Å². The van der Waals surface area contributed by atoms with Crippen LogP contribution in [0.25, 0.3) is 11.3 Å². The van der Waals surface area contributed by atoms with Crippen LogP contribution < -0.4 is 5.32 Å². The maximum atomic E-state index is 5.97. The van der Waals surface area contributed by atoms with Crippen LogP contribution in [0.1, 0.15) is 25.2 Å². The van der Waals surface area contributed by atoms with Crippen LogP contribution in [-0.4, -0.2) is 17.6 Å². The second-order valence-corrected chi connectivity index (χ2v) is 5.40. The molecule has 1 aliphatic rings. The number of rotatable bonds is 6. The van der Waals surface area contributed by atoms with E-state index in [1.807, 2.05) is 24.3 Å². The highest BCUT2D eigenvalue weighted by atomic mass is 35.5. The number of aryl methyl sites for hydroxylation is 1. The summed E-state index contributed by atoms with van der Waals surface area (Å²) in [6, 6.07) is 8.41. The first-order valence-electron chi connectivity index (χ1n) is 6.75. The van der Waals surface area contributed by atoms with E-state index < -0.39 is 0 Å². The summed E-state index contributed by atoms with van der Waals surface area (Å²) in [4.78, 5) is 4.32. The zero-order valence-electron chi connectivity index (χ0n) is 10.7. The lowest BCUT2D eigenvalue weighted by Gasteiger charge is -2.00. The predicted octanol–water partition coefficient (Wildman–Crippen LogP) is 3.68. The number of benzene rings is 1. The number of halogens is 1. The van der Waals surface area contributed by atoms with Crippen LogP contribution in [0.4, 0.5) is 0 Å².